The van der Waals surface area contributed by atoms with Gasteiger partial charge in [0.1, 0.15) is 6.10 Å². The Hall–Kier alpha value is -1.00. The van der Waals surface area contributed by atoms with Gasteiger partial charge in [-0.2, -0.15) is 0 Å². The maximum atomic E-state index is 13.0. The van der Waals surface area contributed by atoms with Crippen LogP contribution in [0.15, 0.2) is 30.3 Å². The van der Waals surface area contributed by atoms with Crippen LogP contribution >= 0.6 is 9.24 Å². The van der Waals surface area contributed by atoms with Gasteiger partial charge in [0, 0.05) is 19.4 Å². The van der Waals surface area contributed by atoms with Gasteiger partial charge in [0.15, 0.2) is 6.29 Å². The second-order valence-corrected chi connectivity index (χ2v) is 7.71. The Balaban J connectivity index is 2.04. The summed E-state index contributed by atoms with van der Waals surface area (Å²) < 4.78 is 11.0. The van der Waals surface area contributed by atoms with Crippen LogP contribution in [0.25, 0.3) is 0 Å². The molecule has 2 rings (SSSR count). The highest BCUT2D eigenvalue weighted by atomic mass is 31.0. The third kappa shape index (κ3) is 5.75. The second kappa shape index (κ2) is 9.63. The number of aliphatic hydroxyl groups excluding tert-OH is 1. The number of hydrogen-bond donors (Lipinski definition) is 1. The van der Waals surface area contributed by atoms with Crippen molar-refractivity contribution in [1.29, 1.82) is 0 Å². The minimum absolute atomic E-state index is 0.0165. The summed E-state index contributed by atoms with van der Waals surface area (Å²) >= 11 is 0. The molecule has 0 bridgehead atoms. The molecule has 1 N–H and O–H groups in total. The van der Waals surface area contributed by atoms with Crippen molar-refractivity contribution in [3.05, 3.63) is 35.9 Å². The van der Waals surface area contributed by atoms with E-state index in [0.717, 1.165) is 12.0 Å². The summed E-state index contributed by atoms with van der Waals surface area (Å²) in [6, 6.07) is 9.41. The SMILES string of the molecule is CC(C)C[C@H](CC1OCCO1)C(=O)N(C)[C@H](P)[C@H](O)c1ccccc1. The second-order valence-electron chi connectivity index (χ2n) is 7.03. The first-order valence-corrected chi connectivity index (χ1v) is 9.55. The molecular formula is C19H30NO4P. The van der Waals surface area contributed by atoms with Crippen LogP contribution in [0.2, 0.25) is 0 Å². The number of nitrogens with zero attached hydrogens (tertiary/aromatic N) is 1. The highest BCUT2D eigenvalue weighted by Crippen LogP contribution is 2.29. The van der Waals surface area contributed by atoms with Crippen molar-refractivity contribution in [2.24, 2.45) is 11.8 Å². The van der Waals surface area contributed by atoms with Crippen molar-refractivity contribution in [3.8, 4) is 0 Å². The minimum atomic E-state index is -0.751. The maximum Gasteiger partial charge on any atom is 0.226 e. The Morgan fingerprint density at radius 3 is 2.44 bits per heavy atom. The molecule has 25 heavy (non-hydrogen) atoms. The molecule has 1 amide bonds. The van der Waals surface area contributed by atoms with Gasteiger partial charge < -0.3 is 19.5 Å². The lowest BCUT2D eigenvalue weighted by Crippen LogP contribution is -2.42. The molecule has 6 heteroatoms. The first kappa shape index (κ1) is 20.3. The number of ether oxygens (including phenoxy) is 2. The Morgan fingerprint density at radius 1 is 1.28 bits per heavy atom. The van der Waals surface area contributed by atoms with Crippen LogP contribution in [0.1, 0.15) is 38.4 Å². The molecule has 4 atom stereocenters. The molecule has 1 fully saturated rings. The smallest absolute Gasteiger partial charge is 0.226 e. The van der Waals surface area contributed by atoms with Crippen molar-refractivity contribution in [3.63, 3.8) is 0 Å². The number of amides is 1. The Labute approximate surface area is 152 Å². The summed E-state index contributed by atoms with van der Waals surface area (Å²) in [6.07, 6.45) is 0.271. The molecule has 1 saturated heterocycles. The van der Waals surface area contributed by atoms with E-state index in [-0.39, 0.29) is 18.1 Å². The molecule has 0 radical (unpaired) electrons. The number of aliphatic hydroxyl groups is 1. The number of benzene rings is 1. The molecule has 0 saturated carbocycles. The summed E-state index contributed by atoms with van der Waals surface area (Å²) in [6.45, 7) is 5.38. The summed E-state index contributed by atoms with van der Waals surface area (Å²) in [5.74, 6) is -0.164. The summed E-state index contributed by atoms with van der Waals surface area (Å²) in [5.41, 5.74) is 0.796. The van der Waals surface area contributed by atoms with Gasteiger partial charge in [-0.1, -0.05) is 44.2 Å². The summed E-state index contributed by atoms with van der Waals surface area (Å²) in [4.78, 5) is 14.7. The molecule has 0 spiro atoms. The molecule has 1 aromatic carbocycles. The predicted molar refractivity (Wildman–Crippen MR) is 101 cm³/mol. The molecule has 1 aliphatic rings. The summed E-state index contributed by atoms with van der Waals surface area (Å²) in [7, 11) is 4.34. The lowest BCUT2D eigenvalue weighted by atomic mass is 9.92. The predicted octanol–water partition coefficient (Wildman–Crippen LogP) is 2.80. The Kier molecular flexibility index (Phi) is 7.82. The molecule has 1 aromatic rings. The highest BCUT2D eigenvalue weighted by molar-refractivity contribution is 7.17. The van der Waals surface area contributed by atoms with Gasteiger partial charge in [-0.25, -0.2) is 0 Å². The van der Waals surface area contributed by atoms with E-state index in [0.29, 0.717) is 25.6 Å². The van der Waals surface area contributed by atoms with E-state index in [2.05, 4.69) is 23.1 Å². The van der Waals surface area contributed by atoms with Crippen LogP contribution < -0.4 is 0 Å². The number of likely N-dealkylation sites (N-methyl/N-ethyl adjacent to an activating group) is 1. The number of hydrogen-bond acceptors (Lipinski definition) is 4. The van der Waals surface area contributed by atoms with Crippen molar-refractivity contribution in [2.45, 2.75) is 44.9 Å². The largest absolute Gasteiger partial charge is 0.386 e. The van der Waals surface area contributed by atoms with Gasteiger partial charge in [-0.15, -0.1) is 9.24 Å². The standard InChI is InChI=1S/C19H30NO4P/c1-13(2)11-15(12-16-23-9-10-24-16)18(22)20(3)19(25)17(21)14-7-5-4-6-8-14/h4-8,13,15-17,19,21H,9-12,25H2,1-3H3/t15-,17-,19-/m1/s1. The van der Waals surface area contributed by atoms with Crippen molar-refractivity contribution < 1.29 is 19.4 Å². The summed E-state index contributed by atoms with van der Waals surface area (Å²) in [5, 5.41) is 10.6. The van der Waals surface area contributed by atoms with Crippen LogP contribution in [0.3, 0.4) is 0 Å². The van der Waals surface area contributed by atoms with Crippen LogP contribution in [-0.2, 0) is 14.3 Å². The maximum absolute atomic E-state index is 13.0. The fourth-order valence-corrected chi connectivity index (χ4v) is 3.51. The van der Waals surface area contributed by atoms with E-state index in [9.17, 15) is 9.90 Å². The zero-order chi connectivity index (χ0) is 18.4. The first-order valence-electron chi connectivity index (χ1n) is 8.88. The molecule has 1 aliphatic heterocycles. The quantitative estimate of drug-likeness (QED) is 0.718. The van der Waals surface area contributed by atoms with E-state index in [1.807, 2.05) is 30.3 Å². The minimum Gasteiger partial charge on any atom is -0.386 e. The van der Waals surface area contributed by atoms with Gasteiger partial charge in [0.2, 0.25) is 5.91 Å². The first-order chi connectivity index (χ1) is 11.9. The van der Waals surface area contributed by atoms with Crippen LogP contribution in [-0.4, -0.2) is 48.2 Å². The molecule has 140 valence electrons. The van der Waals surface area contributed by atoms with Crippen molar-refractivity contribution >= 4 is 15.1 Å². The molecule has 0 aromatic heterocycles. The Morgan fingerprint density at radius 2 is 1.88 bits per heavy atom. The lowest BCUT2D eigenvalue weighted by Gasteiger charge is -2.33. The van der Waals surface area contributed by atoms with Gasteiger partial charge in [-0.3, -0.25) is 4.79 Å². The molecular weight excluding hydrogens is 337 g/mol. The number of carbonyl (C=O) groups excluding carboxylic acids is 1. The monoisotopic (exact) mass is 367 g/mol. The molecule has 1 unspecified atom stereocenters. The number of carbonyl (C=O) groups is 1. The van der Waals surface area contributed by atoms with Gasteiger partial charge in [-0.05, 0) is 17.9 Å². The van der Waals surface area contributed by atoms with Crippen molar-refractivity contribution in [2.75, 3.05) is 20.3 Å². The lowest BCUT2D eigenvalue weighted by molar-refractivity contribution is -0.141. The zero-order valence-corrected chi connectivity index (χ0v) is 16.5. The Bertz CT molecular complexity index is 533. The van der Waals surface area contributed by atoms with E-state index in [1.54, 1.807) is 11.9 Å². The molecule has 0 aliphatic carbocycles. The van der Waals surface area contributed by atoms with Crippen molar-refractivity contribution in [1.82, 2.24) is 4.90 Å². The average Bonchev–Trinajstić information content (AvgIpc) is 3.12. The van der Waals surface area contributed by atoms with E-state index in [1.165, 1.54) is 0 Å². The fraction of sp³-hybridized carbons (Fsp3) is 0.632. The number of rotatable bonds is 8. The average molecular weight is 367 g/mol. The highest BCUT2D eigenvalue weighted by Gasteiger charge is 2.32. The van der Waals surface area contributed by atoms with Crippen LogP contribution in [0.4, 0.5) is 0 Å². The molecule has 5 nitrogen and oxygen atoms in total. The fourth-order valence-electron chi connectivity index (χ4n) is 3.14. The van der Waals surface area contributed by atoms with Gasteiger partial charge >= 0.3 is 0 Å². The third-order valence-electron chi connectivity index (χ3n) is 4.53. The van der Waals surface area contributed by atoms with E-state index >= 15 is 0 Å². The molecule has 1 heterocycles. The van der Waals surface area contributed by atoms with Crippen LogP contribution in [0.5, 0.6) is 0 Å². The zero-order valence-electron chi connectivity index (χ0n) is 15.3. The van der Waals surface area contributed by atoms with Gasteiger partial charge in [0.25, 0.3) is 0 Å². The third-order valence-corrected chi connectivity index (χ3v) is 5.34. The normalized spacial score (nSPS) is 19.0. The topological polar surface area (TPSA) is 59.0 Å². The van der Waals surface area contributed by atoms with Gasteiger partial charge in [0.05, 0.1) is 19.0 Å². The van der Waals surface area contributed by atoms with E-state index in [4.69, 9.17) is 9.47 Å². The van der Waals surface area contributed by atoms with E-state index < -0.39 is 11.9 Å². The van der Waals surface area contributed by atoms with Crippen LogP contribution in [0, 0.1) is 11.8 Å².